The molecule has 1 unspecified atom stereocenters. The molecule has 5 nitrogen and oxygen atoms in total. The number of nitrogens with one attached hydrogen (secondary N) is 1. The minimum Gasteiger partial charge on any atom is -0.346 e. The molecule has 110 valence electrons. The Bertz CT molecular complexity index is 517. The van der Waals surface area contributed by atoms with E-state index < -0.39 is 0 Å². The van der Waals surface area contributed by atoms with Crippen LogP contribution in [0.25, 0.3) is 0 Å². The zero-order valence-corrected chi connectivity index (χ0v) is 12.6. The van der Waals surface area contributed by atoms with Crippen LogP contribution in [-0.4, -0.2) is 21.8 Å². The third-order valence-corrected chi connectivity index (χ3v) is 3.40. The fourth-order valence-electron chi connectivity index (χ4n) is 2.36. The molecule has 0 fully saturated rings. The summed E-state index contributed by atoms with van der Waals surface area (Å²) in [5, 5.41) is 7.37. The SMILES string of the molecule is CCCc1nc(Cn2ccc(C(CCC)NC)c2)no1. The van der Waals surface area contributed by atoms with Gasteiger partial charge in [0.1, 0.15) is 0 Å². The van der Waals surface area contributed by atoms with Gasteiger partial charge in [0.2, 0.25) is 5.89 Å². The summed E-state index contributed by atoms with van der Waals surface area (Å²) in [7, 11) is 2.01. The average Bonchev–Trinajstić information content (AvgIpc) is 3.07. The Morgan fingerprint density at radius 3 is 2.90 bits per heavy atom. The molecule has 20 heavy (non-hydrogen) atoms. The summed E-state index contributed by atoms with van der Waals surface area (Å²) in [5.41, 5.74) is 1.31. The van der Waals surface area contributed by atoms with Crippen molar-refractivity contribution in [3.8, 4) is 0 Å². The number of aryl methyl sites for hydroxylation is 1. The van der Waals surface area contributed by atoms with Crippen LogP contribution in [0.5, 0.6) is 0 Å². The van der Waals surface area contributed by atoms with Crippen molar-refractivity contribution < 1.29 is 4.52 Å². The van der Waals surface area contributed by atoms with Gasteiger partial charge in [-0.1, -0.05) is 25.4 Å². The van der Waals surface area contributed by atoms with Crippen LogP contribution in [-0.2, 0) is 13.0 Å². The first-order valence-electron chi connectivity index (χ1n) is 7.41. The van der Waals surface area contributed by atoms with Crippen molar-refractivity contribution in [2.75, 3.05) is 7.05 Å². The van der Waals surface area contributed by atoms with Gasteiger partial charge < -0.3 is 14.4 Å². The molecule has 0 spiro atoms. The van der Waals surface area contributed by atoms with Crippen LogP contribution in [0.4, 0.5) is 0 Å². The summed E-state index contributed by atoms with van der Waals surface area (Å²) in [6.07, 6.45) is 8.42. The number of hydrogen-bond donors (Lipinski definition) is 1. The summed E-state index contributed by atoms with van der Waals surface area (Å²) in [6, 6.07) is 2.58. The molecule has 0 radical (unpaired) electrons. The summed E-state index contributed by atoms with van der Waals surface area (Å²) in [5.74, 6) is 1.47. The van der Waals surface area contributed by atoms with Crippen LogP contribution in [0, 0.1) is 0 Å². The predicted octanol–water partition coefficient (Wildman–Crippen LogP) is 2.93. The molecule has 2 aromatic heterocycles. The number of nitrogens with zero attached hydrogens (tertiary/aromatic N) is 3. The van der Waals surface area contributed by atoms with Crippen molar-refractivity contribution in [2.24, 2.45) is 0 Å². The molecule has 2 aromatic rings. The first kappa shape index (κ1) is 14.8. The van der Waals surface area contributed by atoms with Gasteiger partial charge in [-0.15, -0.1) is 0 Å². The molecule has 1 atom stereocenters. The predicted molar refractivity (Wildman–Crippen MR) is 78.5 cm³/mol. The van der Waals surface area contributed by atoms with E-state index in [9.17, 15) is 0 Å². The fraction of sp³-hybridized carbons (Fsp3) is 0.600. The van der Waals surface area contributed by atoms with Gasteiger partial charge in [-0.3, -0.25) is 0 Å². The summed E-state index contributed by atoms with van der Waals surface area (Å²) >= 11 is 0. The zero-order chi connectivity index (χ0) is 14.4. The van der Waals surface area contributed by atoms with Gasteiger partial charge in [0.05, 0.1) is 6.54 Å². The van der Waals surface area contributed by atoms with E-state index >= 15 is 0 Å². The lowest BCUT2D eigenvalue weighted by Crippen LogP contribution is -2.15. The standard InChI is InChI=1S/C15H24N4O/c1-4-6-13(16-3)12-8-9-19(10-12)11-14-17-15(7-5-2)20-18-14/h8-10,13,16H,4-7,11H2,1-3H3. The average molecular weight is 276 g/mol. The van der Waals surface area contributed by atoms with E-state index in [-0.39, 0.29) is 0 Å². The second kappa shape index (κ2) is 7.24. The smallest absolute Gasteiger partial charge is 0.226 e. The van der Waals surface area contributed by atoms with E-state index in [1.807, 2.05) is 7.05 Å². The van der Waals surface area contributed by atoms with Gasteiger partial charge in [0.15, 0.2) is 5.82 Å². The third kappa shape index (κ3) is 3.70. The molecule has 5 heteroatoms. The lowest BCUT2D eigenvalue weighted by Gasteiger charge is -2.13. The van der Waals surface area contributed by atoms with Crippen molar-refractivity contribution in [1.82, 2.24) is 20.0 Å². The molecular formula is C15H24N4O. The molecule has 0 bridgehead atoms. The first-order valence-corrected chi connectivity index (χ1v) is 7.41. The van der Waals surface area contributed by atoms with E-state index in [0.717, 1.165) is 31.0 Å². The Hall–Kier alpha value is -1.62. The molecular weight excluding hydrogens is 252 g/mol. The van der Waals surface area contributed by atoms with Crippen molar-refractivity contribution in [3.63, 3.8) is 0 Å². The molecule has 2 heterocycles. The van der Waals surface area contributed by atoms with Crippen LogP contribution in [0.3, 0.4) is 0 Å². The molecule has 0 aromatic carbocycles. The topological polar surface area (TPSA) is 55.9 Å². The van der Waals surface area contributed by atoms with Crippen molar-refractivity contribution >= 4 is 0 Å². The second-order valence-electron chi connectivity index (χ2n) is 5.10. The number of hydrogen-bond acceptors (Lipinski definition) is 4. The zero-order valence-electron chi connectivity index (χ0n) is 12.6. The van der Waals surface area contributed by atoms with Crippen LogP contribution in [0.1, 0.15) is 56.4 Å². The van der Waals surface area contributed by atoms with Gasteiger partial charge in [0.25, 0.3) is 0 Å². The normalized spacial score (nSPS) is 12.8. The largest absolute Gasteiger partial charge is 0.346 e. The summed E-state index contributed by atoms with van der Waals surface area (Å²) < 4.78 is 7.31. The maximum Gasteiger partial charge on any atom is 0.226 e. The van der Waals surface area contributed by atoms with E-state index in [1.165, 1.54) is 12.0 Å². The Morgan fingerprint density at radius 2 is 2.20 bits per heavy atom. The molecule has 0 aliphatic heterocycles. The Kier molecular flexibility index (Phi) is 5.35. The lowest BCUT2D eigenvalue weighted by molar-refractivity contribution is 0.371. The highest BCUT2D eigenvalue weighted by molar-refractivity contribution is 5.16. The number of rotatable bonds is 8. The molecule has 0 saturated heterocycles. The van der Waals surface area contributed by atoms with Crippen molar-refractivity contribution in [2.45, 2.75) is 52.1 Å². The highest BCUT2D eigenvalue weighted by Gasteiger charge is 2.11. The van der Waals surface area contributed by atoms with Crippen molar-refractivity contribution in [1.29, 1.82) is 0 Å². The van der Waals surface area contributed by atoms with Crippen LogP contribution >= 0.6 is 0 Å². The quantitative estimate of drug-likeness (QED) is 0.805. The molecule has 0 aliphatic carbocycles. The maximum absolute atomic E-state index is 5.20. The molecule has 0 aliphatic rings. The highest BCUT2D eigenvalue weighted by Crippen LogP contribution is 2.18. The molecule has 0 saturated carbocycles. The van der Waals surface area contributed by atoms with Crippen LogP contribution in [0.2, 0.25) is 0 Å². The maximum atomic E-state index is 5.20. The Labute approximate surface area is 120 Å². The minimum absolute atomic E-state index is 0.419. The first-order chi connectivity index (χ1) is 9.76. The third-order valence-electron chi connectivity index (χ3n) is 3.40. The highest BCUT2D eigenvalue weighted by atomic mass is 16.5. The van der Waals surface area contributed by atoms with E-state index in [0.29, 0.717) is 12.6 Å². The molecule has 2 rings (SSSR count). The Balaban J connectivity index is 2.01. The monoisotopic (exact) mass is 276 g/mol. The van der Waals surface area contributed by atoms with Gasteiger partial charge in [-0.2, -0.15) is 4.98 Å². The van der Waals surface area contributed by atoms with Gasteiger partial charge in [-0.05, 0) is 31.5 Å². The summed E-state index contributed by atoms with van der Waals surface area (Å²) in [6.45, 7) is 4.97. The van der Waals surface area contributed by atoms with Gasteiger partial charge in [0, 0.05) is 24.9 Å². The van der Waals surface area contributed by atoms with E-state index in [4.69, 9.17) is 4.52 Å². The van der Waals surface area contributed by atoms with Crippen molar-refractivity contribution in [3.05, 3.63) is 35.7 Å². The van der Waals surface area contributed by atoms with E-state index in [2.05, 4.69) is 52.3 Å². The summed E-state index contributed by atoms with van der Waals surface area (Å²) in [4.78, 5) is 4.39. The van der Waals surface area contributed by atoms with E-state index in [1.54, 1.807) is 0 Å². The number of aromatic nitrogens is 3. The van der Waals surface area contributed by atoms with Gasteiger partial charge in [-0.25, -0.2) is 0 Å². The lowest BCUT2D eigenvalue weighted by atomic mass is 10.1. The van der Waals surface area contributed by atoms with Crippen LogP contribution in [0.15, 0.2) is 23.0 Å². The van der Waals surface area contributed by atoms with Crippen LogP contribution < -0.4 is 5.32 Å². The van der Waals surface area contributed by atoms with Gasteiger partial charge >= 0.3 is 0 Å². The minimum atomic E-state index is 0.419. The second-order valence-corrected chi connectivity index (χ2v) is 5.10. The Morgan fingerprint density at radius 1 is 1.35 bits per heavy atom. The molecule has 1 N–H and O–H groups in total. The fourth-order valence-corrected chi connectivity index (χ4v) is 2.36. The molecule has 0 amide bonds.